The van der Waals surface area contributed by atoms with Gasteiger partial charge in [0.2, 0.25) is 0 Å². The highest BCUT2D eigenvalue weighted by Crippen LogP contribution is 2.31. The Kier molecular flexibility index (Phi) is 5.15. The van der Waals surface area contributed by atoms with E-state index in [4.69, 9.17) is 4.74 Å². The third-order valence-electron chi connectivity index (χ3n) is 3.10. The molecule has 0 amide bonds. The second-order valence-electron chi connectivity index (χ2n) is 4.37. The summed E-state index contributed by atoms with van der Waals surface area (Å²) in [6.45, 7) is 2.55. The Morgan fingerprint density at radius 2 is 2.00 bits per heavy atom. The Hall–Kier alpha value is -1.39. The fourth-order valence-corrected chi connectivity index (χ4v) is 2.45. The van der Waals surface area contributed by atoms with Gasteiger partial charge in [-0.15, -0.1) is 0 Å². The molecule has 1 unspecified atom stereocenters. The van der Waals surface area contributed by atoms with Gasteiger partial charge in [0.1, 0.15) is 11.6 Å². The summed E-state index contributed by atoms with van der Waals surface area (Å²) in [5.74, 6) is 0.550. The highest BCUT2D eigenvalue weighted by Gasteiger charge is 2.17. The van der Waals surface area contributed by atoms with Crippen molar-refractivity contribution in [2.75, 3.05) is 13.7 Å². The van der Waals surface area contributed by atoms with Gasteiger partial charge in [0, 0.05) is 5.56 Å². The van der Waals surface area contributed by atoms with Crippen LogP contribution in [0.2, 0.25) is 0 Å². The van der Waals surface area contributed by atoms with Crippen LogP contribution in [-0.2, 0) is 0 Å². The lowest BCUT2D eigenvalue weighted by Crippen LogP contribution is -2.18. The molecule has 0 spiro atoms. The van der Waals surface area contributed by atoms with Crippen LogP contribution in [0.5, 0.6) is 5.75 Å². The van der Waals surface area contributed by atoms with E-state index in [2.05, 4.69) is 21.2 Å². The molecule has 0 heterocycles. The summed E-state index contributed by atoms with van der Waals surface area (Å²) in [6, 6.07) is 12.9. The van der Waals surface area contributed by atoms with Gasteiger partial charge >= 0.3 is 0 Å². The Labute approximate surface area is 127 Å². The van der Waals surface area contributed by atoms with Crippen molar-refractivity contribution >= 4 is 15.9 Å². The van der Waals surface area contributed by atoms with Crippen LogP contribution in [0, 0.1) is 5.82 Å². The van der Waals surface area contributed by atoms with E-state index in [1.165, 1.54) is 6.07 Å². The van der Waals surface area contributed by atoms with Gasteiger partial charge in [0.05, 0.1) is 17.1 Å². The molecule has 106 valence electrons. The number of benzene rings is 2. The Morgan fingerprint density at radius 3 is 2.65 bits per heavy atom. The standard InChI is InChI=1S/C16H17BrFNO/c1-3-20-15-7-5-4-6-12(15)16(19-2)11-8-9-13(17)14(18)10-11/h4-10,16,19H,3H2,1-2H3. The molecule has 0 aliphatic rings. The van der Waals surface area contributed by atoms with Gasteiger partial charge in [-0.25, -0.2) is 4.39 Å². The van der Waals surface area contributed by atoms with Crippen molar-refractivity contribution in [2.24, 2.45) is 0 Å². The summed E-state index contributed by atoms with van der Waals surface area (Å²) >= 11 is 3.18. The molecule has 2 rings (SSSR count). The first-order valence-electron chi connectivity index (χ1n) is 6.51. The molecule has 4 heteroatoms. The quantitative estimate of drug-likeness (QED) is 0.878. The summed E-state index contributed by atoms with van der Waals surface area (Å²) in [5, 5.41) is 3.22. The lowest BCUT2D eigenvalue weighted by molar-refractivity contribution is 0.334. The van der Waals surface area contributed by atoms with Crippen LogP contribution in [0.1, 0.15) is 24.1 Å². The van der Waals surface area contributed by atoms with Crippen LogP contribution in [-0.4, -0.2) is 13.7 Å². The molecule has 2 aromatic rings. The zero-order chi connectivity index (χ0) is 14.5. The van der Waals surface area contributed by atoms with Crippen LogP contribution in [0.25, 0.3) is 0 Å². The number of hydrogen-bond donors (Lipinski definition) is 1. The highest BCUT2D eigenvalue weighted by molar-refractivity contribution is 9.10. The average Bonchev–Trinajstić information content (AvgIpc) is 2.45. The molecule has 0 saturated carbocycles. The number of rotatable bonds is 5. The molecule has 1 N–H and O–H groups in total. The van der Waals surface area contributed by atoms with E-state index in [9.17, 15) is 4.39 Å². The Morgan fingerprint density at radius 1 is 1.25 bits per heavy atom. The van der Waals surface area contributed by atoms with E-state index in [0.717, 1.165) is 16.9 Å². The molecule has 20 heavy (non-hydrogen) atoms. The van der Waals surface area contributed by atoms with Gasteiger partial charge in [-0.05, 0) is 53.7 Å². The predicted octanol–water partition coefficient (Wildman–Crippen LogP) is 4.30. The third kappa shape index (κ3) is 3.19. The maximum atomic E-state index is 13.7. The van der Waals surface area contributed by atoms with E-state index in [1.54, 1.807) is 6.07 Å². The first-order valence-corrected chi connectivity index (χ1v) is 7.30. The maximum Gasteiger partial charge on any atom is 0.137 e. The van der Waals surface area contributed by atoms with Gasteiger partial charge in [-0.1, -0.05) is 24.3 Å². The Bertz CT molecular complexity index is 588. The number of halogens is 2. The normalized spacial score (nSPS) is 12.2. The lowest BCUT2D eigenvalue weighted by Gasteiger charge is -2.20. The summed E-state index contributed by atoms with van der Waals surface area (Å²) in [6.07, 6.45) is 0. The summed E-state index contributed by atoms with van der Waals surface area (Å²) in [5.41, 5.74) is 1.86. The minimum absolute atomic E-state index is 0.111. The first-order chi connectivity index (χ1) is 9.67. The van der Waals surface area contributed by atoms with Gasteiger partial charge in [0.15, 0.2) is 0 Å². The molecular weight excluding hydrogens is 321 g/mol. The van der Waals surface area contributed by atoms with Gasteiger partial charge < -0.3 is 10.1 Å². The fraction of sp³-hybridized carbons (Fsp3) is 0.250. The van der Waals surface area contributed by atoms with E-state index >= 15 is 0 Å². The largest absolute Gasteiger partial charge is 0.494 e. The van der Waals surface area contributed by atoms with Gasteiger partial charge in [-0.3, -0.25) is 0 Å². The maximum absolute atomic E-state index is 13.7. The van der Waals surface area contributed by atoms with E-state index in [0.29, 0.717) is 11.1 Å². The summed E-state index contributed by atoms with van der Waals surface area (Å²) in [7, 11) is 1.85. The van der Waals surface area contributed by atoms with Crippen molar-refractivity contribution < 1.29 is 9.13 Å². The van der Waals surface area contributed by atoms with Crippen molar-refractivity contribution in [3.05, 3.63) is 63.9 Å². The highest BCUT2D eigenvalue weighted by atomic mass is 79.9. The van der Waals surface area contributed by atoms with Crippen LogP contribution in [0.15, 0.2) is 46.9 Å². The summed E-state index contributed by atoms with van der Waals surface area (Å²) in [4.78, 5) is 0. The van der Waals surface area contributed by atoms with Crippen molar-refractivity contribution in [3.63, 3.8) is 0 Å². The second kappa shape index (κ2) is 6.86. The first kappa shape index (κ1) is 15.0. The number of nitrogens with one attached hydrogen (secondary N) is 1. The molecule has 0 aliphatic carbocycles. The van der Waals surface area contributed by atoms with Crippen molar-refractivity contribution in [1.29, 1.82) is 0 Å². The average molecular weight is 338 g/mol. The van der Waals surface area contributed by atoms with Crippen molar-refractivity contribution in [2.45, 2.75) is 13.0 Å². The minimum atomic E-state index is -0.267. The second-order valence-corrected chi connectivity index (χ2v) is 5.22. The molecule has 1 atom stereocenters. The van der Waals surface area contributed by atoms with Crippen LogP contribution < -0.4 is 10.1 Å². The molecule has 0 saturated heterocycles. The van der Waals surface area contributed by atoms with Crippen LogP contribution in [0.4, 0.5) is 4.39 Å². The van der Waals surface area contributed by atoms with Crippen LogP contribution in [0.3, 0.4) is 0 Å². The third-order valence-corrected chi connectivity index (χ3v) is 3.74. The molecule has 0 aliphatic heterocycles. The SMILES string of the molecule is CCOc1ccccc1C(NC)c1ccc(Br)c(F)c1. The molecule has 0 radical (unpaired) electrons. The number of hydrogen-bond acceptors (Lipinski definition) is 2. The topological polar surface area (TPSA) is 21.3 Å². The molecular formula is C16H17BrFNO. The zero-order valence-electron chi connectivity index (χ0n) is 11.5. The Balaban J connectivity index is 2.44. The fourth-order valence-electron chi connectivity index (χ4n) is 2.20. The summed E-state index contributed by atoms with van der Waals surface area (Å²) < 4.78 is 19.9. The molecule has 0 bridgehead atoms. The van der Waals surface area contributed by atoms with Crippen LogP contribution >= 0.6 is 15.9 Å². The van der Waals surface area contributed by atoms with E-state index in [-0.39, 0.29) is 11.9 Å². The molecule has 2 nitrogen and oxygen atoms in total. The molecule has 0 aromatic heterocycles. The smallest absolute Gasteiger partial charge is 0.137 e. The van der Waals surface area contributed by atoms with Gasteiger partial charge in [-0.2, -0.15) is 0 Å². The molecule has 2 aromatic carbocycles. The monoisotopic (exact) mass is 337 g/mol. The molecule has 0 fully saturated rings. The number of para-hydroxylation sites is 1. The number of ether oxygens (including phenoxy) is 1. The van der Waals surface area contributed by atoms with Crippen molar-refractivity contribution in [3.8, 4) is 5.75 Å². The van der Waals surface area contributed by atoms with E-state index in [1.807, 2.05) is 44.3 Å². The zero-order valence-corrected chi connectivity index (χ0v) is 13.1. The lowest BCUT2D eigenvalue weighted by atomic mass is 9.98. The minimum Gasteiger partial charge on any atom is -0.494 e. The van der Waals surface area contributed by atoms with E-state index < -0.39 is 0 Å². The van der Waals surface area contributed by atoms with Crippen molar-refractivity contribution in [1.82, 2.24) is 5.32 Å². The predicted molar refractivity (Wildman–Crippen MR) is 82.6 cm³/mol. The van der Waals surface area contributed by atoms with Gasteiger partial charge in [0.25, 0.3) is 0 Å².